The van der Waals surface area contributed by atoms with E-state index >= 15 is 0 Å². The maximum absolute atomic E-state index is 9.86. The monoisotopic (exact) mass is 212 g/mol. The number of methoxy groups -OCH3 is 2. The Morgan fingerprint density at radius 2 is 1.80 bits per heavy atom. The summed E-state index contributed by atoms with van der Waals surface area (Å²) in [5.41, 5.74) is 11.7. The number of rotatable bonds is 4. The number of hydrogen-bond donors (Lipinski definition) is 3. The van der Waals surface area contributed by atoms with E-state index in [-0.39, 0.29) is 12.3 Å². The van der Waals surface area contributed by atoms with Gasteiger partial charge < -0.3 is 26.0 Å². The van der Waals surface area contributed by atoms with Crippen LogP contribution in [0.2, 0.25) is 0 Å². The fourth-order valence-corrected chi connectivity index (χ4v) is 1.39. The van der Waals surface area contributed by atoms with Crippen molar-refractivity contribution in [1.82, 2.24) is 0 Å². The van der Waals surface area contributed by atoms with E-state index in [2.05, 4.69) is 0 Å². The maximum atomic E-state index is 9.86. The van der Waals surface area contributed by atoms with E-state index in [1.54, 1.807) is 12.1 Å². The van der Waals surface area contributed by atoms with Crippen LogP contribution in [0.3, 0.4) is 0 Å². The standard InChI is InChI=1S/C10H16N2O3/c1-14-7-3-4-8(15-2)10(13)9(7)6(12)5-11/h3-4,6,13H,5,11-12H2,1-2H3/t6-/m1/s1. The molecule has 1 atom stereocenters. The lowest BCUT2D eigenvalue weighted by Crippen LogP contribution is -2.21. The minimum absolute atomic E-state index is 0.0187. The number of aromatic hydroxyl groups is 1. The third-order valence-corrected chi connectivity index (χ3v) is 2.20. The van der Waals surface area contributed by atoms with E-state index in [1.807, 2.05) is 0 Å². The molecule has 5 nitrogen and oxygen atoms in total. The smallest absolute Gasteiger partial charge is 0.166 e. The summed E-state index contributed by atoms with van der Waals surface area (Å²) in [5, 5.41) is 9.86. The van der Waals surface area contributed by atoms with Crippen LogP contribution in [0.25, 0.3) is 0 Å². The Hall–Kier alpha value is -1.46. The molecule has 5 heteroatoms. The fourth-order valence-electron chi connectivity index (χ4n) is 1.39. The van der Waals surface area contributed by atoms with Gasteiger partial charge in [-0.15, -0.1) is 0 Å². The van der Waals surface area contributed by atoms with Crippen LogP contribution in [0, 0.1) is 0 Å². The van der Waals surface area contributed by atoms with Gasteiger partial charge in [-0.3, -0.25) is 0 Å². The summed E-state index contributed by atoms with van der Waals surface area (Å²) in [7, 11) is 2.98. The Labute approximate surface area is 88.6 Å². The first kappa shape index (κ1) is 11.6. The second-order valence-corrected chi connectivity index (χ2v) is 3.07. The largest absolute Gasteiger partial charge is 0.504 e. The number of phenols is 1. The van der Waals surface area contributed by atoms with E-state index in [1.165, 1.54) is 14.2 Å². The number of benzene rings is 1. The van der Waals surface area contributed by atoms with Crippen LogP contribution in [-0.2, 0) is 0 Å². The molecule has 0 fully saturated rings. The Balaban J connectivity index is 3.29. The van der Waals surface area contributed by atoms with Gasteiger partial charge in [0.15, 0.2) is 11.5 Å². The molecule has 0 saturated heterocycles. The molecule has 84 valence electrons. The van der Waals surface area contributed by atoms with Crippen LogP contribution < -0.4 is 20.9 Å². The summed E-state index contributed by atoms with van der Waals surface area (Å²) in [5.74, 6) is 0.843. The second-order valence-electron chi connectivity index (χ2n) is 3.07. The summed E-state index contributed by atoms with van der Waals surface area (Å²) in [6.07, 6.45) is 0. The van der Waals surface area contributed by atoms with Crippen LogP contribution in [-0.4, -0.2) is 25.9 Å². The summed E-state index contributed by atoms with van der Waals surface area (Å²) in [4.78, 5) is 0. The zero-order valence-electron chi connectivity index (χ0n) is 8.86. The average molecular weight is 212 g/mol. The van der Waals surface area contributed by atoms with Crippen molar-refractivity contribution in [3.8, 4) is 17.2 Å². The number of phenolic OH excluding ortho intramolecular Hbond substituents is 1. The molecule has 0 spiro atoms. The van der Waals surface area contributed by atoms with Crippen LogP contribution in [0.15, 0.2) is 12.1 Å². The van der Waals surface area contributed by atoms with Gasteiger partial charge in [-0.25, -0.2) is 0 Å². The van der Waals surface area contributed by atoms with Crippen molar-refractivity contribution in [2.24, 2.45) is 11.5 Å². The molecule has 0 bridgehead atoms. The van der Waals surface area contributed by atoms with Crippen molar-refractivity contribution in [3.63, 3.8) is 0 Å². The first-order chi connectivity index (χ1) is 7.15. The molecule has 0 saturated carbocycles. The molecule has 5 N–H and O–H groups in total. The van der Waals surface area contributed by atoms with Gasteiger partial charge in [-0.1, -0.05) is 0 Å². The topological polar surface area (TPSA) is 90.7 Å². The lowest BCUT2D eigenvalue weighted by Gasteiger charge is -2.17. The minimum atomic E-state index is -0.477. The number of nitrogens with two attached hydrogens (primary N) is 2. The van der Waals surface area contributed by atoms with E-state index in [9.17, 15) is 5.11 Å². The highest BCUT2D eigenvalue weighted by Gasteiger charge is 2.18. The van der Waals surface area contributed by atoms with Gasteiger partial charge >= 0.3 is 0 Å². The van der Waals surface area contributed by atoms with E-state index in [0.717, 1.165) is 0 Å². The Morgan fingerprint density at radius 3 is 2.27 bits per heavy atom. The molecule has 0 aliphatic carbocycles. The SMILES string of the molecule is COc1ccc(OC)c([C@H](N)CN)c1O. The summed E-state index contributed by atoms with van der Waals surface area (Å²) in [6, 6.07) is 2.82. The lowest BCUT2D eigenvalue weighted by atomic mass is 10.0. The Kier molecular flexibility index (Phi) is 3.76. The van der Waals surface area contributed by atoms with Crippen LogP contribution >= 0.6 is 0 Å². The highest BCUT2D eigenvalue weighted by molar-refractivity contribution is 5.54. The lowest BCUT2D eigenvalue weighted by molar-refractivity contribution is 0.356. The van der Waals surface area contributed by atoms with Crippen LogP contribution in [0.4, 0.5) is 0 Å². The molecule has 0 unspecified atom stereocenters. The normalized spacial score (nSPS) is 12.3. The molecule has 1 aromatic carbocycles. The minimum Gasteiger partial charge on any atom is -0.504 e. The molecule has 0 radical (unpaired) electrons. The van der Waals surface area contributed by atoms with Crippen molar-refractivity contribution < 1.29 is 14.6 Å². The molecular formula is C10H16N2O3. The van der Waals surface area contributed by atoms with Crippen LogP contribution in [0.5, 0.6) is 17.2 Å². The number of hydrogen-bond acceptors (Lipinski definition) is 5. The van der Waals surface area contributed by atoms with Gasteiger partial charge in [0.25, 0.3) is 0 Å². The second kappa shape index (κ2) is 4.86. The molecule has 1 aromatic rings. The van der Waals surface area contributed by atoms with Gasteiger partial charge in [0, 0.05) is 12.6 Å². The predicted molar refractivity (Wildman–Crippen MR) is 57.2 cm³/mol. The number of ether oxygens (including phenoxy) is 2. The average Bonchev–Trinajstić information content (AvgIpc) is 2.27. The zero-order valence-corrected chi connectivity index (χ0v) is 8.86. The molecule has 0 amide bonds. The first-order valence-corrected chi connectivity index (χ1v) is 4.55. The molecular weight excluding hydrogens is 196 g/mol. The summed E-state index contributed by atoms with van der Waals surface area (Å²) >= 11 is 0. The van der Waals surface area contributed by atoms with E-state index in [0.29, 0.717) is 17.1 Å². The summed E-state index contributed by atoms with van der Waals surface area (Å²) < 4.78 is 10.1. The predicted octanol–water partition coefficient (Wildman–Crippen LogP) is 0.368. The Bertz CT molecular complexity index is 342. The molecule has 0 aliphatic rings. The maximum Gasteiger partial charge on any atom is 0.166 e. The van der Waals surface area contributed by atoms with E-state index in [4.69, 9.17) is 20.9 Å². The highest BCUT2D eigenvalue weighted by atomic mass is 16.5. The third kappa shape index (κ3) is 2.14. The van der Waals surface area contributed by atoms with Gasteiger partial charge in [-0.05, 0) is 12.1 Å². The zero-order chi connectivity index (χ0) is 11.4. The van der Waals surface area contributed by atoms with Crippen LogP contribution in [0.1, 0.15) is 11.6 Å². The highest BCUT2D eigenvalue weighted by Crippen LogP contribution is 2.39. The molecule has 0 aromatic heterocycles. The first-order valence-electron chi connectivity index (χ1n) is 4.55. The molecule has 0 heterocycles. The third-order valence-electron chi connectivity index (χ3n) is 2.20. The van der Waals surface area contributed by atoms with Crippen molar-refractivity contribution >= 4 is 0 Å². The molecule has 15 heavy (non-hydrogen) atoms. The van der Waals surface area contributed by atoms with Gasteiger partial charge in [-0.2, -0.15) is 0 Å². The molecule has 0 aliphatic heterocycles. The fraction of sp³-hybridized carbons (Fsp3) is 0.400. The van der Waals surface area contributed by atoms with Crippen molar-refractivity contribution in [2.75, 3.05) is 20.8 Å². The van der Waals surface area contributed by atoms with Crippen molar-refractivity contribution in [1.29, 1.82) is 0 Å². The Morgan fingerprint density at radius 1 is 1.27 bits per heavy atom. The molecule has 1 rings (SSSR count). The van der Waals surface area contributed by atoms with Gasteiger partial charge in [0.2, 0.25) is 0 Å². The van der Waals surface area contributed by atoms with Gasteiger partial charge in [0.1, 0.15) is 5.75 Å². The quantitative estimate of drug-likeness (QED) is 0.670. The summed E-state index contributed by atoms with van der Waals surface area (Å²) in [6.45, 7) is 0.219. The van der Waals surface area contributed by atoms with Crippen molar-refractivity contribution in [3.05, 3.63) is 17.7 Å². The van der Waals surface area contributed by atoms with Crippen molar-refractivity contribution in [2.45, 2.75) is 6.04 Å². The van der Waals surface area contributed by atoms with E-state index < -0.39 is 6.04 Å². The van der Waals surface area contributed by atoms with Gasteiger partial charge in [0.05, 0.1) is 19.8 Å².